The van der Waals surface area contributed by atoms with Gasteiger partial charge >= 0.3 is 0 Å². The summed E-state index contributed by atoms with van der Waals surface area (Å²) < 4.78 is 6.21. The number of H-pyrrole nitrogens is 1. The summed E-state index contributed by atoms with van der Waals surface area (Å²) in [5.74, 6) is 1.44. The monoisotopic (exact) mass is 310 g/mol. The van der Waals surface area contributed by atoms with Crippen molar-refractivity contribution >= 4 is 10.9 Å². The summed E-state index contributed by atoms with van der Waals surface area (Å²) in [5, 5.41) is 10.1. The van der Waals surface area contributed by atoms with Crippen LogP contribution in [0.1, 0.15) is 5.56 Å². The first-order chi connectivity index (χ1) is 11.9. The summed E-state index contributed by atoms with van der Waals surface area (Å²) in [5.41, 5.74) is 3.58. The number of nitriles is 1. The highest BCUT2D eigenvalue weighted by molar-refractivity contribution is 5.91. The average molecular weight is 310 g/mol. The van der Waals surface area contributed by atoms with Gasteiger partial charge in [0, 0.05) is 11.8 Å². The van der Waals surface area contributed by atoms with E-state index in [4.69, 9.17) is 4.74 Å². The highest BCUT2D eigenvalue weighted by Crippen LogP contribution is 2.36. The minimum absolute atomic E-state index is 0.581. The van der Waals surface area contributed by atoms with Crippen molar-refractivity contribution in [2.45, 2.75) is 0 Å². The van der Waals surface area contributed by atoms with Gasteiger partial charge in [0.2, 0.25) is 0 Å². The number of fused-ring (bicyclic) bond motifs is 1. The van der Waals surface area contributed by atoms with Crippen molar-refractivity contribution in [2.24, 2.45) is 0 Å². The molecule has 1 heterocycles. The Morgan fingerprint density at radius 1 is 0.792 bits per heavy atom. The molecule has 0 saturated heterocycles. The molecule has 114 valence electrons. The van der Waals surface area contributed by atoms with Crippen molar-refractivity contribution in [2.75, 3.05) is 0 Å². The Labute approximate surface area is 139 Å². The lowest BCUT2D eigenvalue weighted by Crippen LogP contribution is -1.89. The largest absolute Gasteiger partial charge is 0.456 e. The van der Waals surface area contributed by atoms with Gasteiger partial charge in [-0.1, -0.05) is 54.6 Å². The van der Waals surface area contributed by atoms with E-state index in [9.17, 15) is 5.26 Å². The summed E-state index contributed by atoms with van der Waals surface area (Å²) in [7, 11) is 0. The Kier molecular flexibility index (Phi) is 3.49. The number of ether oxygens (including phenoxy) is 1. The Morgan fingerprint density at radius 2 is 1.54 bits per heavy atom. The van der Waals surface area contributed by atoms with Gasteiger partial charge in [-0.2, -0.15) is 5.26 Å². The van der Waals surface area contributed by atoms with Crippen molar-refractivity contribution in [3.05, 3.63) is 84.6 Å². The van der Waals surface area contributed by atoms with Crippen LogP contribution in [0.5, 0.6) is 11.5 Å². The van der Waals surface area contributed by atoms with E-state index in [0.29, 0.717) is 11.3 Å². The van der Waals surface area contributed by atoms with E-state index in [1.165, 1.54) is 0 Å². The molecule has 0 saturated carbocycles. The van der Waals surface area contributed by atoms with Gasteiger partial charge in [-0.05, 0) is 23.8 Å². The van der Waals surface area contributed by atoms with E-state index >= 15 is 0 Å². The highest BCUT2D eigenvalue weighted by atomic mass is 16.5. The summed E-state index contributed by atoms with van der Waals surface area (Å²) in [6.07, 6.45) is 1.71. The van der Waals surface area contributed by atoms with E-state index in [-0.39, 0.29) is 0 Å². The van der Waals surface area contributed by atoms with Crippen molar-refractivity contribution in [3.63, 3.8) is 0 Å². The van der Waals surface area contributed by atoms with Crippen LogP contribution in [-0.4, -0.2) is 4.98 Å². The Bertz CT molecular complexity index is 1040. The maximum absolute atomic E-state index is 9.32. The van der Waals surface area contributed by atoms with Crippen molar-refractivity contribution < 1.29 is 4.74 Å². The lowest BCUT2D eigenvalue weighted by atomic mass is 10.0. The van der Waals surface area contributed by atoms with Crippen molar-refractivity contribution in [3.8, 4) is 28.7 Å². The molecule has 4 rings (SSSR count). The first kappa shape index (κ1) is 14.1. The predicted molar refractivity (Wildman–Crippen MR) is 95.0 cm³/mol. The van der Waals surface area contributed by atoms with Gasteiger partial charge in [0.05, 0.1) is 16.5 Å². The van der Waals surface area contributed by atoms with E-state index in [1.54, 1.807) is 6.20 Å². The lowest BCUT2D eigenvalue weighted by Gasteiger charge is -2.12. The molecule has 24 heavy (non-hydrogen) atoms. The zero-order chi connectivity index (χ0) is 16.4. The molecule has 0 spiro atoms. The standard InChI is InChI=1S/C21H14N2O/c22-13-16-14-23-18-10-6-12-20(21(16)18)24-19-11-5-4-9-17(19)15-7-2-1-3-8-15/h1-12,14,23H. The molecule has 0 aliphatic carbocycles. The van der Waals surface area contributed by atoms with E-state index < -0.39 is 0 Å². The minimum atomic E-state index is 0.581. The molecule has 0 unspecified atom stereocenters. The smallest absolute Gasteiger partial charge is 0.138 e. The molecule has 3 aromatic carbocycles. The Hall–Kier alpha value is -3.51. The maximum Gasteiger partial charge on any atom is 0.138 e. The molecule has 0 aliphatic heterocycles. The summed E-state index contributed by atoms with van der Waals surface area (Å²) in [6, 6.07) is 26.0. The average Bonchev–Trinajstić information content (AvgIpc) is 3.07. The maximum atomic E-state index is 9.32. The summed E-state index contributed by atoms with van der Waals surface area (Å²) >= 11 is 0. The number of aromatic nitrogens is 1. The molecule has 1 N–H and O–H groups in total. The van der Waals surface area contributed by atoms with Crippen LogP contribution >= 0.6 is 0 Å². The van der Waals surface area contributed by atoms with E-state index in [0.717, 1.165) is 27.8 Å². The summed E-state index contributed by atoms with van der Waals surface area (Å²) in [4.78, 5) is 3.11. The van der Waals surface area contributed by atoms with E-state index in [2.05, 4.69) is 23.2 Å². The highest BCUT2D eigenvalue weighted by Gasteiger charge is 2.12. The number of hydrogen-bond donors (Lipinski definition) is 1. The number of hydrogen-bond acceptors (Lipinski definition) is 2. The normalized spacial score (nSPS) is 10.5. The second-order valence-electron chi connectivity index (χ2n) is 5.46. The SMILES string of the molecule is N#Cc1c[nH]c2cccc(Oc3ccccc3-c3ccccc3)c12. The van der Waals surface area contributed by atoms with Gasteiger partial charge in [0.15, 0.2) is 0 Å². The number of nitrogens with zero attached hydrogens (tertiary/aromatic N) is 1. The van der Waals surface area contributed by atoms with Gasteiger partial charge < -0.3 is 9.72 Å². The van der Waals surface area contributed by atoms with Crippen LogP contribution in [-0.2, 0) is 0 Å². The number of benzene rings is 3. The van der Waals surface area contributed by atoms with Crippen LogP contribution in [0.3, 0.4) is 0 Å². The molecule has 0 bridgehead atoms. The second kappa shape index (κ2) is 5.94. The Morgan fingerprint density at radius 3 is 2.38 bits per heavy atom. The fourth-order valence-corrected chi connectivity index (χ4v) is 2.85. The fraction of sp³-hybridized carbons (Fsp3) is 0. The van der Waals surface area contributed by atoms with Gasteiger partial charge in [-0.15, -0.1) is 0 Å². The van der Waals surface area contributed by atoms with Crippen LogP contribution in [0.25, 0.3) is 22.0 Å². The van der Waals surface area contributed by atoms with Crippen molar-refractivity contribution in [1.82, 2.24) is 4.98 Å². The molecular formula is C21H14N2O. The van der Waals surface area contributed by atoms with E-state index in [1.807, 2.05) is 60.7 Å². The fourth-order valence-electron chi connectivity index (χ4n) is 2.85. The lowest BCUT2D eigenvalue weighted by molar-refractivity contribution is 0.490. The molecule has 3 nitrogen and oxygen atoms in total. The predicted octanol–water partition coefficient (Wildman–Crippen LogP) is 5.50. The van der Waals surface area contributed by atoms with Crippen LogP contribution in [0.15, 0.2) is 79.0 Å². The second-order valence-corrected chi connectivity index (χ2v) is 5.46. The first-order valence-corrected chi connectivity index (χ1v) is 7.69. The molecular weight excluding hydrogens is 296 g/mol. The third-order valence-electron chi connectivity index (χ3n) is 3.98. The first-order valence-electron chi connectivity index (χ1n) is 7.69. The third kappa shape index (κ3) is 2.41. The van der Waals surface area contributed by atoms with Gasteiger partial charge in [-0.3, -0.25) is 0 Å². The molecule has 1 aromatic heterocycles. The minimum Gasteiger partial charge on any atom is -0.456 e. The van der Waals surface area contributed by atoms with Gasteiger partial charge in [0.25, 0.3) is 0 Å². The van der Waals surface area contributed by atoms with Crippen molar-refractivity contribution in [1.29, 1.82) is 5.26 Å². The third-order valence-corrected chi connectivity index (χ3v) is 3.98. The summed E-state index contributed by atoms with van der Waals surface area (Å²) in [6.45, 7) is 0. The quantitative estimate of drug-likeness (QED) is 0.543. The van der Waals surface area contributed by atoms with Crippen LogP contribution in [0.2, 0.25) is 0 Å². The molecule has 0 atom stereocenters. The molecule has 3 heteroatoms. The number of aromatic amines is 1. The number of nitrogens with one attached hydrogen (secondary N) is 1. The number of rotatable bonds is 3. The molecule has 0 fully saturated rings. The van der Waals surface area contributed by atoms with Gasteiger partial charge in [-0.25, -0.2) is 0 Å². The zero-order valence-electron chi connectivity index (χ0n) is 12.9. The zero-order valence-corrected chi connectivity index (χ0v) is 12.9. The van der Waals surface area contributed by atoms with Gasteiger partial charge in [0.1, 0.15) is 17.6 Å². The number of para-hydroxylation sites is 1. The Balaban J connectivity index is 1.83. The topological polar surface area (TPSA) is 48.8 Å². The van der Waals surface area contributed by atoms with Crippen LogP contribution in [0.4, 0.5) is 0 Å². The molecule has 4 aromatic rings. The molecule has 0 radical (unpaired) electrons. The van der Waals surface area contributed by atoms with Crippen LogP contribution in [0, 0.1) is 11.3 Å². The molecule has 0 amide bonds. The van der Waals surface area contributed by atoms with Crippen LogP contribution < -0.4 is 4.74 Å². The molecule has 0 aliphatic rings.